The number of carbonyl (C=O) groups is 3. The predicted octanol–water partition coefficient (Wildman–Crippen LogP) is 4.94. The summed E-state index contributed by atoms with van der Waals surface area (Å²) in [5.74, 6) is -5.35. The SMILES string of the molecule is CCc1c(O)c(C)c(O)c(O)c1C(=O)OC1[C@@H](C)O[C@@H](OC/C2=C\C=C\CC(O)/C(C)=C/[C@H](CC)C(O[C@@H]3OC(C)(C)[C@@H](OC(=O)C(C)C)[C@H](O)[C@@H]3O)/C(C)=C/C(C)=C/CC(C(C)O)OC2=O)[C@@H](OC)[C@H]1O. The van der Waals surface area contributed by atoms with Crippen LogP contribution in [0.3, 0.4) is 0 Å². The van der Waals surface area contributed by atoms with Gasteiger partial charge in [0.05, 0.1) is 42.5 Å². The van der Waals surface area contributed by atoms with Gasteiger partial charge >= 0.3 is 17.9 Å². The molecule has 1 aromatic rings. The van der Waals surface area contributed by atoms with E-state index in [1.807, 2.05) is 32.9 Å². The molecule has 0 amide bonds. The smallest absolute Gasteiger partial charge is 0.342 e. The summed E-state index contributed by atoms with van der Waals surface area (Å²) in [6.07, 6.45) is -5.52. The average Bonchev–Trinajstić information content (AvgIpc) is 3.32. The van der Waals surface area contributed by atoms with Gasteiger partial charge in [0, 0.05) is 30.6 Å². The molecule has 14 atom stereocenters. The molecule has 0 spiro atoms. The van der Waals surface area contributed by atoms with Gasteiger partial charge in [-0.3, -0.25) is 4.79 Å². The predicted molar refractivity (Wildman–Crippen MR) is 261 cm³/mol. The van der Waals surface area contributed by atoms with E-state index < -0.39 is 144 Å². The number of hydrogen-bond donors (Lipinski definition) is 8. The van der Waals surface area contributed by atoms with Gasteiger partial charge in [-0.1, -0.05) is 63.6 Å². The minimum atomic E-state index is -1.61. The summed E-state index contributed by atoms with van der Waals surface area (Å²) < 4.78 is 47.5. The molecule has 72 heavy (non-hydrogen) atoms. The van der Waals surface area contributed by atoms with Gasteiger partial charge in [0.15, 0.2) is 36.3 Å². The number of esters is 3. The summed E-state index contributed by atoms with van der Waals surface area (Å²) in [6, 6.07) is 0. The van der Waals surface area contributed by atoms with Crippen LogP contribution < -0.4 is 0 Å². The number of phenols is 3. The van der Waals surface area contributed by atoms with Crippen LogP contribution in [0, 0.1) is 18.8 Å². The second-order valence-electron chi connectivity index (χ2n) is 19.7. The van der Waals surface area contributed by atoms with Crippen LogP contribution in [0.25, 0.3) is 0 Å². The van der Waals surface area contributed by atoms with Crippen molar-refractivity contribution in [1.82, 2.24) is 0 Å². The lowest BCUT2D eigenvalue weighted by atomic mass is 9.88. The number of cyclic esters (lactones) is 1. The monoisotopic (exact) mass is 1020 g/mol. The molecule has 8 N–H and O–H groups in total. The van der Waals surface area contributed by atoms with Crippen LogP contribution in [0.5, 0.6) is 17.2 Å². The maximum Gasteiger partial charge on any atom is 0.342 e. The lowest BCUT2D eigenvalue weighted by molar-refractivity contribution is -0.333. The van der Waals surface area contributed by atoms with Crippen molar-refractivity contribution in [1.29, 1.82) is 0 Å². The van der Waals surface area contributed by atoms with Crippen molar-refractivity contribution in [2.24, 2.45) is 11.8 Å². The first-order chi connectivity index (χ1) is 33.7. The van der Waals surface area contributed by atoms with Crippen molar-refractivity contribution >= 4 is 17.9 Å². The molecule has 0 aliphatic carbocycles. The average molecular weight is 1020 g/mol. The van der Waals surface area contributed by atoms with Gasteiger partial charge < -0.3 is 78.7 Å². The molecule has 404 valence electrons. The number of aromatic hydroxyl groups is 3. The number of methoxy groups -OCH3 is 1. The minimum Gasteiger partial charge on any atom is -0.507 e. The molecule has 1 aromatic carbocycles. The number of benzene rings is 1. The zero-order valence-electron chi connectivity index (χ0n) is 43.7. The van der Waals surface area contributed by atoms with E-state index in [1.54, 1.807) is 53.7 Å². The molecule has 2 saturated heterocycles. The molecule has 0 saturated carbocycles. The molecular formula is C53H78O19. The van der Waals surface area contributed by atoms with Crippen LogP contribution in [0.4, 0.5) is 0 Å². The molecule has 0 radical (unpaired) electrons. The van der Waals surface area contributed by atoms with E-state index in [1.165, 1.54) is 40.0 Å². The van der Waals surface area contributed by atoms with Gasteiger partial charge in [0.25, 0.3) is 0 Å². The maximum atomic E-state index is 13.9. The highest BCUT2D eigenvalue weighted by Crippen LogP contribution is 2.43. The Morgan fingerprint density at radius 1 is 0.875 bits per heavy atom. The van der Waals surface area contributed by atoms with Crippen molar-refractivity contribution < 1.29 is 93.1 Å². The molecule has 5 unspecified atom stereocenters. The summed E-state index contributed by atoms with van der Waals surface area (Å²) in [4.78, 5) is 40.0. The van der Waals surface area contributed by atoms with Crippen molar-refractivity contribution in [3.8, 4) is 17.2 Å². The van der Waals surface area contributed by atoms with Gasteiger partial charge in [-0.25, -0.2) is 9.59 Å². The van der Waals surface area contributed by atoms with E-state index in [9.17, 15) is 55.2 Å². The van der Waals surface area contributed by atoms with Crippen molar-refractivity contribution in [2.75, 3.05) is 13.7 Å². The van der Waals surface area contributed by atoms with Crippen molar-refractivity contribution in [2.45, 2.75) is 194 Å². The van der Waals surface area contributed by atoms with Crippen molar-refractivity contribution in [3.63, 3.8) is 0 Å². The van der Waals surface area contributed by atoms with E-state index >= 15 is 0 Å². The minimum absolute atomic E-state index is 0.0240. The third-order valence-corrected chi connectivity index (χ3v) is 13.3. The lowest BCUT2D eigenvalue weighted by Gasteiger charge is -2.47. The zero-order valence-corrected chi connectivity index (χ0v) is 43.7. The quantitative estimate of drug-likeness (QED) is 0.0427. The van der Waals surface area contributed by atoms with E-state index in [4.69, 9.17) is 37.9 Å². The Kier molecular flexibility index (Phi) is 21.6. The van der Waals surface area contributed by atoms with Gasteiger partial charge in [-0.15, -0.1) is 0 Å². The molecule has 2 fully saturated rings. The van der Waals surface area contributed by atoms with E-state index in [2.05, 4.69) is 0 Å². The maximum absolute atomic E-state index is 13.9. The third-order valence-electron chi connectivity index (χ3n) is 13.3. The van der Waals surface area contributed by atoms with E-state index in [-0.39, 0.29) is 36.0 Å². The molecular weight excluding hydrogens is 941 g/mol. The molecule has 0 aromatic heterocycles. The number of ether oxygens (including phenoxy) is 8. The number of carbonyl (C=O) groups excluding carboxylic acids is 3. The third kappa shape index (κ3) is 14.3. The molecule has 3 aliphatic heterocycles. The number of hydrogen-bond acceptors (Lipinski definition) is 19. The molecule has 19 nitrogen and oxygen atoms in total. The van der Waals surface area contributed by atoms with Crippen LogP contribution in [0.2, 0.25) is 0 Å². The molecule has 3 aliphatic rings. The Hall–Kier alpha value is -4.67. The first-order valence-electron chi connectivity index (χ1n) is 24.5. The first kappa shape index (κ1) is 59.9. The summed E-state index contributed by atoms with van der Waals surface area (Å²) in [5.41, 5.74) is 0.173. The molecule has 4 rings (SSSR count). The number of phenolic OH excluding ortho intramolecular Hbond substituents is 3. The molecule has 3 heterocycles. The Labute approximate surface area is 422 Å². The van der Waals surface area contributed by atoms with Crippen molar-refractivity contribution in [3.05, 3.63) is 75.4 Å². The first-order valence-corrected chi connectivity index (χ1v) is 24.5. The highest BCUT2D eigenvalue weighted by Gasteiger charge is 2.53. The fourth-order valence-corrected chi connectivity index (χ4v) is 8.80. The fraction of sp³-hybridized carbons (Fsp3) is 0.642. The second-order valence-corrected chi connectivity index (χ2v) is 19.7. The highest BCUT2D eigenvalue weighted by molar-refractivity contribution is 5.96. The van der Waals surface area contributed by atoms with Crippen LogP contribution in [0.1, 0.15) is 117 Å². The highest BCUT2D eigenvalue weighted by atomic mass is 16.7. The van der Waals surface area contributed by atoms with Crippen LogP contribution in [-0.4, -0.2) is 158 Å². The number of aliphatic hydroxyl groups excluding tert-OH is 5. The van der Waals surface area contributed by atoms with Crippen LogP contribution >= 0.6 is 0 Å². The normalized spacial score (nSPS) is 34.8. The largest absolute Gasteiger partial charge is 0.507 e. The summed E-state index contributed by atoms with van der Waals surface area (Å²) >= 11 is 0. The van der Waals surface area contributed by atoms with Gasteiger partial charge in [-0.05, 0) is 91.9 Å². The lowest BCUT2D eigenvalue weighted by Crippen LogP contribution is -2.64. The molecule has 19 heteroatoms. The number of rotatable bonds is 13. The van der Waals surface area contributed by atoms with E-state index in [0.717, 1.165) is 0 Å². The van der Waals surface area contributed by atoms with Gasteiger partial charge in [0.2, 0.25) is 0 Å². The Balaban J connectivity index is 1.61. The summed E-state index contributed by atoms with van der Waals surface area (Å²) in [5, 5.41) is 88.0. The van der Waals surface area contributed by atoms with Gasteiger partial charge in [0.1, 0.15) is 47.4 Å². The summed E-state index contributed by atoms with van der Waals surface area (Å²) in [7, 11) is 1.26. The fourth-order valence-electron chi connectivity index (χ4n) is 8.80. The summed E-state index contributed by atoms with van der Waals surface area (Å²) in [6.45, 7) is 19.4. The van der Waals surface area contributed by atoms with Crippen LogP contribution in [0.15, 0.2) is 58.7 Å². The number of allylic oxidation sites excluding steroid dienone is 4. The Morgan fingerprint density at radius 3 is 2.14 bits per heavy atom. The standard InChI is InChI=1S/C53H78O19/c1-14-32-23-27(6)35(55)19-17-16-18-33(24-66-52-46(65-13)43(61)45(31(10)67-52)69-50(64)37-34(15-2)38(56)29(8)39(57)40(37)58)49(63)68-36(30(9)54)21-20-26(5)22-28(7)44(32)70-51-42(60)41(59)47(53(11,12)72-51)71-48(62)25(3)4/h16-18,20,22-23,25,30-32,35-36,41-47,51-52,54-61H,14-15,19,21,24H2,1-13H3/b17-16+,26-20+,27-23+,28-22+,33-18+/t30?,31-,32+,35?,36?,41-,42+,43+,44?,45?,46+,47+,51-,52-/m1/s1. The second kappa shape index (κ2) is 26.0. The zero-order chi connectivity index (χ0) is 54.1. The number of aliphatic hydroxyl groups is 5. The topological polar surface area (TPSA) is 287 Å². The van der Waals surface area contributed by atoms with E-state index in [0.29, 0.717) is 23.1 Å². The van der Waals surface area contributed by atoms with Crippen LogP contribution in [-0.2, 0) is 53.9 Å². The van der Waals surface area contributed by atoms with Gasteiger partial charge in [-0.2, -0.15) is 0 Å². The molecule has 0 bridgehead atoms. The Bertz CT molecular complexity index is 2210. The Morgan fingerprint density at radius 2 is 1.54 bits per heavy atom.